The van der Waals surface area contributed by atoms with E-state index in [1.807, 2.05) is 10.6 Å². The highest BCUT2D eigenvalue weighted by molar-refractivity contribution is 5.92. The lowest BCUT2D eigenvalue weighted by molar-refractivity contribution is 0.0695. The van der Waals surface area contributed by atoms with Gasteiger partial charge in [0.15, 0.2) is 0 Å². The molecule has 3 aliphatic rings. The fourth-order valence-corrected chi connectivity index (χ4v) is 4.50. The van der Waals surface area contributed by atoms with Crippen LogP contribution < -0.4 is 16.1 Å². The molecule has 5 rings (SSSR count). The summed E-state index contributed by atoms with van der Waals surface area (Å²) in [5, 5.41) is 9.74. The van der Waals surface area contributed by atoms with Crippen LogP contribution in [0.2, 0.25) is 0 Å². The monoisotopic (exact) mass is 402 g/mol. The van der Waals surface area contributed by atoms with Crippen LogP contribution in [0.15, 0.2) is 35.3 Å². The van der Waals surface area contributed by atoms with Gasteiger partial charge in [-0.05, 0) is 43.2 Å². The summed E-state index contributed by atoms with van der Waals surface area (Å²) in [5.41, 5.74) is 6.19. The normalized spacial score (nSPS) is 26.2. The number of hydrogen-bond acceptors (Lipinski definition) is 5. The third kappa shape index (κ3) is 2.99. The van der Waals surface area contributed by atoms with Crippen LogP contribution in [0, 0.1) is 11.8 Å². The molecular formula is C20H23ClN4O3. The highest BCUT2D eigenvalue weighted by atomic mass is 35.5. The van der Waals surface area contributed by atoms with Crippen molar-refractivity contribution in [1.29, 1.82) is 0 Å². The highest BCUT2D eigenvalue weighted by Crippen LogP contribution is 2.38. The van der Waals surface area contributed by atoms with Crippen LogP contribution >= 0.6 is 12.4 Å². The Morgan fingerprint density at radius 2 is 2.04 bits per heavy atom. The number of nitrogens with two attached hydrogens (primary N) is 1. The van der Waals surface area contributed by atoms with Crippen molar-refractivity contribution < 1.29 is 9.90 Å². The molecule has 0 aromatic carbocycles. The van der Waals surface area contributed by atoms with Gasteiger partial charge in [0.25, 0.3) is 0 Å². The summed E-state index contributed by atoms with van der Waals surface area (Å²) < 4.78 is 1.88. The van der Waals surface area contributed by atoms with Crippen molar-refractivity contribution in [1.82, 2.24) is 9.55 Å². The van der Waals surface area contributed by atoms with Crippen LogP contribution in [-0.4, -0.2) is 39.8 Å². The summed E-state index contributed by atoms with van der Waals surface area (Å²) in [6.07, 6.45) is 8.73. The van der Waals surface area contributed by atoms with E-state index < -0.39 is 11.4 Å². The number of pyridine rings is 2. The number of allylic oxidation sites excluding steroid dienone is 1. The molecule has 3 N–H and O–H groups in total. The molecular weight excluding hydrogens is 380 g/mol. The lowest BCUT2D eigenvalue weighted by Gasteiger charge is -2.25. The number of aromatic carboxylic acids is 1. The van der Waals surface area contributed by atoms with E-state index in [2.05, 4.69) is 17.1 Å². The highest BCUT2D eigenvalue weighted by Gasteiger charge is 2.37. The van der Waals surface area contributed by atoms with Crippen molar-refractivity contribution in [3.05, 3.63) is 46.3 Å². The zero-order chi connectivity index (χ0) is 18.7. The van der Waals surface area contributed by atoms with E-state index in [9.17, 15) is 14.7 Å². The van der Waals surface area contributed by atoms with Crippen LogP contribution in [0.3, 0.4) is 0 Å². The van der Waals surface area contributed by atoms with E-state index >= 15 is 0 Å². The Labute approximate surface area is 168 Å². The van der Waals surface area contributed by atoms with Crippen LogP contribution in [0.1, 0.15) is 35.7 Å². The molecule has 2 aromatic heterocycles. The average molecular weight is 403 g/mol. The predicted molar refractivity (Wildman–Crippen MR) is 109 cm³/mol. The minimum atomic E-state index is -1.19. The number of hydrogen-bond donors (Lipinski definition) is 2. The lowest BCUT2D eigenvalue weighted by Crippen LogP contribution is -2.35. The Kier molecular flexibility index (Phi) is 4.67. The number of rotatable bonds is 3. The van der Waals surface area contributed by atoms with Gasteiger partial charge in [-0.3, -0.25) is 4.79 Å². The number of fused-ring (bicyclic) bond motifs is 2. The number of aromatic nitrogens is 2. The SMILES string of the molecule is Cl.NC1C=CCC2CN(c3ccc4c(=O)c(C(=O)O)cn(C5CC5)c4n3)CC12. The fraction of sp³-hybridized carbons (Fsp3) is 0.450. The molecule has 148 valence electrons. The molecule has 3 heterocycles. The van der Waals surface area contributed by atoms with Gasteiger partial charge in [-0.25, -0.2) is 9.78 Å². The number of carboxylic acid groups (broad SMARTS) is 1. The van der Waals surface area contributed by atoms with E-state index in [0.717, 1.165) is 38.2 Å². The first-order valence-electron chi connectivity index (χ1n) is 9.49. The molecule has 3 atom stereocenters. The molecule has 2 aliphatic carbocycles. The van der Waals surface area contributed by atoms with E-state index in [1.165, 1.54) is 6.20 Å². The Balaban J connectivity index is 0.00000192. The Bertz CT molecular complexity index is 1030. The van der Waals surface area contributed by atoms with Gasteiger partial charge in [0, 0.05) is 31.4 Å². The molecule has 0 spiro atoms. The summed E-state index contributed by atoms with van der Waals surface area (Å²) in [6.45, 7) is 1.76. The first-order valence-corrected chi connectivity index (χ1v) is 9.49. The second-order valence-corrected chi connectivity index (χ2v) is 7.93. The summed E-state index contributed by atoms with van der Waals surface area (Å²) in [4.78, 5) is 31.1. The topological polar surface area (TPSA) is 101 Å². The molecule has 7 nitrogen and oxygen atoms in total. The molecule has 3 unspecified atom stereocenters. The lowest BCUT2D eigenvalue weighted by atomic mass is 9.83. The van der Waals surface area contributed by atoms with Crippen molar-refractivity contribution >= 4 is 35.2 Å². The molecule has 0 bridgehead atoms. The summed E-state index contributed by atoms with van der Waals surface area (Å²) >= 11 is 0. The van der Waals surface area contributed by atoms with E-state index in [1.54, 1.807) is 6.07 Å². The van der Waals surface area contributed by atoms with Gasteiger partial charge >= 0.3 is 5.97 Å². The number of carboxylic acids is 1. The van der Waals surface area contributed by atoms with Crippen LogP contribution in [0.25, 0.3) is 11.0 Å². The molecule has 8 heteroatoms. The molecule has 0 amide bonds. The van der Waals surface area contributed by atoms with Crippen molar-refractivity contribution in [2.75, 3.05) is 18.0 Å². The molecule has 28 heavy (non-hydrogen) atoms. The van der Waals surface area contributed by atoms with Gasteiger partial charge in [-0.1, -0.05) is 12.2 Å². The van der Waals surface area contributed by atoms with Gasteiger partial charge in [0.2, 0.25) is 5.43 Å². The van der Waals surface area contributed by atoms with Crippen LogP contribution in [0.5, 0.6) is 0 Å². The third-order valence-electron chi connectivity index (χ3n) is 6.14. The fourth-order valence-electron chi connectivity index (χ4n) is 4.50. The second kappa shape index (κ2) is 6.90. The van der Waals surface area contributed by atoms with Gasteiger partial charge in [0.05, 0.1) is 5.39 Å². The standard InChI is InChI=1S/C20H22N4O3.ClH/c21-16-3-1-2-11-8-23(9-14(11)16)17-7-6-13-18(25)15(20(26)27)10-24(12-4-5-12)19(13)22-17;/h1,3,6-7,10-12,14,16H,2,4-5,8-9,21H2,(H,26,27);1H. The smallest absolute Gasteiger partial charge is 0.341 e. The molecule has 1 saturated carbocycles. The minimum Gasteiger partial charge on any atom is -0.477 e. The van der Waals surface area contributed by atoms with Gasteiger partial charge in [-0.2, -0.15) is 0 Å². The Morgan fingerprint density at radius 3 is 2.71 bits per heavy atom. The van der Waals surface area contributed by atoms with Crippen molar-refractivity contribution in [3.8, 4) is 0 Å². The third-order valence-corrected chi connectivity index (χ3v) is 6.14. The maximum Gasteiger partial charge on any atom is 0.341 e. The molecule has 2 aromatic rings. The quantitative estimate of drug-likeness (QED) is 0.763. The van der Waals surface area contributed by atoms with Crippen molar-refractivity contribution in [2.45, 2.75) is 31.3 Å². The van der Waals surface area contributed by atoms with Gasteiger partial charge < -0.3 is 20.3 Å². The predicted octanol–water partition coefficient (Wildman–Crippen LogP) is 2.19. The summed E-state index contributed by atoms with van der Waals surface area (Å²) in [5.74, 6) is 0.599. The van der Waals surface area contributed by atoms with E-state index in [-0.39, 0.29) is 30.1 Å². The average Bonchev–Trinajstić information content (AvgIpc) is 3.39. The zero-order valence-electron chi connectivity index (χ0n) is 15.3. The molecule has 2 fully saturated rings. The van der Waals surface area contributed by atoms with E-state index in [4.69, 9.17) is 10.7 Å². The van der Waals surface area contributed by atoms with Gasteiger partial charge in [0.1, 0.15) is 17.0 Å². The first-order chi connectivity index (χ1) is 13.0. The molecule has 1 saturated heterocycles. The second-order valence-electron chi connectivity index (χ2n) is 7.93. The van der Waals surface area contributed by atoms with Crippen LogP contribution in [-0.2, 0) is 0 Å². The first kappa shape index (κ1) is 19.0. The van der Waals surface area contributed by atoms with Crippen molar-refractivity contribution in [2.24, 2.45) is 17.6 Å². The summed E-state index contributed by atoms with van der Waals surface area (Å²) in [7, 11) is 0. The van der Waals surface area contributed by atoms with Crippen molar-refractivity contribution in [3.63, 3.8) is 0 Å². The minimum absolute atomic E-state index is 0. The number of halogens is 1. The largest absolute Gasteiger partial charge is 0.477 e. The Hall–Kier alpha value is -2.38. The number of anilines is 1. The maximum absolute atomic E-state index is 12.6. The molecule has 1 aliphatic heterocycles. The van der Waals surface area contributed by atoms with E-state index in [0.29, 0.717) is 22.9 Å². The zero-order valence-corrected chi connectivity index (χ0v) is 16.1. The number of carbonyl (C=O) groups is 1. The van der Waals surface area contributed by atoms with Gasteiger partial charge in [-0.15, -0.1) is 12.4 Å². The Morgan fingerprint density at radius 1 is 1.25 bits per heavy atom. The maximum atomic E-state index is 12.6. The summed E-state index contributed by atoms with van der Waals surface area (Å²) in [6, 6.07) is 3.87. The molecule has 0 radical (unpaired) electrons. The number of nitrogens with zero attached hydrogens (tertiary/aromatic N) is 3. The van der Waals surface area contributed by atoms with Crippen LogP contribution in [0.4, 0.5) is 5.82 Å².